The highest BCUT2D eigenvalue weighted by Crippen LogP contribution is 2.45. The number of phosphoric acid groups is 2. The Kier molecular flexibility index (Phi) is 74.6. The van der Waals surface area contributed by atoms with E-state index >= 15 is 0 Å². The number of esters is 4. The summed E-state index contributed by atoms with van der Waals surface area (Å²) in [7, 11) is -9.97. The van der Waals surface area contributed by atoms with Crippen LogP contribution in [0.4, 0.5) is 0 Å². The fraction of sp³-hybridized carbons (Fsp3) is 0.788. The fourth-order valence-corrected chi connectivity index (χ4v) is 13.0. The van der Waals surface area contributed by atoms with E-state index in [4.69, 9.17) is 37.0 Å². The van der Waals surface area contributed by atoms with Crippen LogP contribution in [0.3, 0.4) is 0 Å². The van der Waals surface area contributed by atoms with Gasteiger partial charge in [-0.1, -0.05) is 318 Å². The molecule has 0 aliphatic rings. The highest BCUT2D eigenvalue weighted by atomic mass is 31.2. The van der Waals surface area contributed by atoms with E-state index < -0.39 is 97.5 Å². The number of ether oxygens (including phenoxy) is 4. The lowest BCUT2D eigenvalue weighted by molar-refractivity contribution is -0.161. The van der Waals surface area contributed by atoms with E-state index in [1.807, 2.05) is 12.2 Å². The molecular formula is C85H152O17P2. The highest BCUT2D eigenvalue weighted by Gasteiger charge is 2.30. The molecule has 0 rings (SSSR count). The number of phosphoric ester groups is 2. The van der Waals surface area contributed by atoms with Gasteiger partial charge in [0.05, 0.1) is 26.4 Å². The number of aliphatic hydroxyl groups is 1. The van der Waals surface area contributed by atoms with E-state index in [0.29, 0.717) is 32.1 Å². The first-order valence-electron chi connectivity index (χ1n) is 41.8. The van der Waals surface area contributed by atoms with Gasteiger partial charge in [-0.2, -0.15) is 0 Å². The Morgan fingerprint density at radius 3 is 0.817 bits per heavy atom. The van der Waals surface area contributed by atoms with Crippen LogP contribution in [0.2, 0.25) is 0 Å². The van der Waals surface area contributed by atoms with Crippen molar-refractivity contribution in [1.82, 2.24) is 0 Å². The molecule has 0 radical (unpaired) electrons. The molecule has 0 saturated carbocycles. The molecule has 0 heterocycles. The van der Waals surface area contributed by atoms with Gasteiger partial charge in [-0.15, -0.1) is 0 Å². The highest BCUT2D eigenvalue weighted by molar-refractivity contribution is 7.47. The van der Waals surface area contributed by atoms with E-state index in [9.17, 15) is 43.2 Å². The Bertz CT molecular complexity index is 2300. The molecule has 0 spiro atoms. The summed E-state index contributed by atoms with van der Waals surface area (Å²) in [6.07, 6.45) is 81.3. The molecule has 0 aliphatic carbocycles. The Labute approximate surface area is 634 Å². The number of carbonyl (C=O) groups excluding carboxylic acids is 4. The van der Waals surface area contributed by atoms with Crippen molar-refractivity contribution in [3.8, 4) is 0 Å². The lowest BCUT2D eigenvalue weighted by atomic mass is 10.0. The quantitative estimate of drug-likeness (QED) is 0.0169. The van der Waals surface area contributed by atoms with E-state index in [2.05, 4.69) is 101 Å². The van der Waals surface area contributed by atoms with Gasteiger partial charge >= 0.3 is 39.5 Å². The molecule has 604 valence electrons. The minimum absolute atomic E-state index is 0.0391. The maximum absolute atomic E-state index is 13.1. The molecule has 0 amide bonds. The van der Waals surface area contributed by atoms with Crippen molar-refractivity contribution >= 4 is 39.5 Å². The van der Waals surface area contributed by atoms with Crippen LogP contribution in [-0.2, 0) is 65.4 Å². The zero-order valence-electron chi connectivity index (χ0n) is 66.2. The average Bonchev–Trinajstić information content (AvgIpc) is 0.918. The summed E-state index contributed by atoms with van der Waals surface area (Å²) >= 11 is 0. The molecule has 104 heavy (non-hydrogen) atoms. The van der Waals surface area contributed by atoms with E-state index in [1.165, 1.54) is 148 Å². The van der Waals surface area contributed by atoms with Crippen LogP contribution in [0.15, 0.2) is 85.1 Å². The molecule has 0 aromatic carbocycles. The summed E-state index contributed by atoms with van der Waals surface area (Å²) in [4.78, 5) is 73.1. The molecule has 0 bridgehead atoms. The molecule has 0 aromatic heterocycles. The Morgan fingerprint density at radius 2 is 0.490 bits per heavy atom. The number of unbranched alkanes of at least 4 members (excludes halogenated alkanes) is 39. The minimum atomic E-state index is -4.99. The van der Waals surface area contributed by atoms with Crippen LogP contribution < -0.4 is 0 Å². The monoisotopic (exact) mass is 1510 g/mol. The molecule has 17 nitrogen and oxygen atoms in total. The molecule has 3 N–H and O–H groups in total. The second kappa shape index (κ2) is 77.4. The number of carbonyl (C=O) groups is 4. The Balaban J connectivity index is 5.40. The van der Waals surface area contributed by atoms with E-state index in [1.54, 1.807) is 0 Å². The molecular weight excluding hydrogens is 1350 g/mol. The van der Waals surface area contributed by atoms with E-state index in [0.717, 1.165) is 141 Å². The van der Waals surface area contributed by atoms with Crippen LogP contribution in [-0.4, -0.2) is 96.7 Å². The standard InChI is InChI=1S/C85H152O17P2/c1-5-9-13-17-21-25-29-33-37-38-39-40-44-46-50-54-58-62-66-70-83(88)96-76-81(102-85(90)72-68-64-60-56-52-48-43-36-32-28-24-20-16-12-8-4)78-100-104(93,94)98-74-79(86)73-97-103(91,92)99-77-80(101-84(89)71-67-63-59-55-51-47-42-35-31-27-23-19-15-11-7-3)75-95-82(87)69-65-61-57-53-49-45-41-34-30-26-22-18-14-10-6-2/h21,25-26,28,30,32-33,37,39-40,46,50,58,62,79-81,86H,5-20,22-24,27,29,31,34-36,38,41-45,47-49,51-57,59-61,63-78H2,1-4H3,(H,91,92)(H,93,94)/b25-21-,30-26-,32-28-,37-33-,40-39-,50-46-,62-58-/t79-,80+,81+/m0/s1. The number of hydrogen-bond acceptors (Lipinski definition) is 15. The lowest BCUT2D eigenvalue weighted by Gasteiger charge is -2.21. The number of aliphatic hydroxyl groups excluding tert-OH is 1. The second-order valence-electron chi connectivity index (χ2n) is 28.1. The van der Waals surface area contributed by atoms with Gasteiger partial charge in [0.25, 0.3) is 0 Å². The van der Waals surface area contributed by atoms with Gasteiger partial charge in [0.1, 0.15) is 19.3 Å². The van der Waals surface area contributed by atoms with Gasteiger partial charge < -0.3 is 33.8 Å². The van der Waals surface area contributed by atoms with Gasteiger partial charge in [0.2, 0.25) is 0 Å². The van der Waals surface area contributed by atoms with Crippen molar-refractivity contribution in [2.75, 3.05) is 39.6 Å². The van der Waals surface area contributed by atoms with Gasteiger partial charge in [-0.25, -0.2) is 9.13 Å². The van der Waals surface area contributed by atoms with Crippen LogP contribution in [0.5, 0.6) is 0 Å². The molecule has 0 saturated heterocycles. The third-order valence-electron chi connectivity index (χ3n) is 17.8. The van der Waals surface area contributed by atoms with Crippen LogP contribution in [0.25, 0.3) is 0 Å². The predicted molar refractivity (Wildman–Crippen MR) is 427 cm³/mol. The smallest absolute Gasteiger partial charge is 0.462 e. The van der Waals surface area contributed by atoms with Gasteiger partial charge in [-0.05, 0) is 116 Å². The van der Waals surface area contributed by atoms with Gasteiger partial charge in [0, 0.05) is 25.7 Å². The lowest BCUT2D eigenvalue weighted by Crippen LogP contribution is -2.30. The SMILES string of the molecule is CCCCC/C=C\C/C=C\C/C=C\C/C=C\C/C=C\CCC(=O)OC[C@H](COP(=O)(O)OC[C@@H](O)COP(=O)(O)OC[C@@H](COC(=O)CCCCCCCCC/C=C\CCCCCC)OC(=O)CCCCCCCCCCCCCCCCC)OC(=O)CCCCCCCCC/C=C\CCCCCC. The van der Waals surface area contributed by atoms with Crippen molar-refractivity contribution in [3.05, 3.63) is 85.1 Å². The molecule has 0 aromatic rings. The van der Waals surface area contributed by atoms with Crippen molar-refractivity contribution < 1.29 is 80.2 Å². The normalized spacial score (nSPS) is 14.3. The number of hydrogen-bond donors (Lipinski definition) is 3. The summed E-state index contributed by atoms with van der Waals surface area (Å²) < 4.78 is 68.7. The van der Waals surface area contributed by atoms with Gasteiger partial charge in [0.15, 0.2) is 12.2 Å². The molecule has 0 fully saturated rings. The maximum Gasteiger partial charge on any atom is 0.472 e. The van der Waals surface area contributed by atoms with Crippen molar-refractivity contribution in [1.29, 1.82) is 0 Å². The predicted octanol–water partition coefficient (Wildman–Crippen LogP) is 24.6. The topological polar surface area (TPSA) is 237 Å². The maximum atomic E-state index is 13.1. The largest absolute Gasteiger partial charge is 0.472 e. The summed E-state index contributed by atoms with van der Waals surface area (Å²) in [6.45, 7) is 4.81. The third-order valence-corrected chi connectivity index (χ3v) is 19.7. The van der Waals surface area contributed by atoms with Gasteiger partial charge in [-0.3, -0.25) is 37.3 Å². The Morgan fingerprint density at radius 1 is 0.269 bits per heavy atom. The van der Waals surface area contributed by atoms with Crippen LogP contribution in [0.1, 0.15) is 374 Å². The number of rotatable bonds is 79. The minimum Gasteiger partial charge on any atom is -0.462 e. The van der Waals surface area contributed by atoms with Crippen molar-refractivity contribution in [3.63, 3.8) is 0 Å². The molecule has 2 unspecified atom stereocenters. The molecule has 5 atom stereocenters. The second-order valence-corrected chi connectivity index (χ2v) is 31.0. The summed E-state index contributed by atoms with van der Waals surface area (Å²) in [5.74, 6) is -2.25. The molecule has 19 heteroatoms. The first kappa shape index (κ1) is 100. The summed E-state index contributed by atoms with van der Waals surface area (Å²) in [5, 5.41) is 10.7. The zero-order valence-corrected chi connectivity index (χ0v) is 68.0. The van der Waals surface area contributed by atoms with Crippen molar-refractivity contribution in [2.45, 2.75) is 393 Å². The Hall–Kier alpha value is -3.76. The molecule has 0 aliphatic heterocycles. The number of allylic oxidation sites excluding steroid dienone is 14. The summed E-state index contributed by atoms with van der Waals surface area (Å²) in [5.41, 5.74) is 0. The zero-order chi connectivity index (χ0) is 76.0. The third kappa shape index (κ3) is 76.4. The van der Waals surface area contributed by atoms with Crippen molar-refractivity contribution in [2.24, 2.45) is 0 Å². The van der Waals surface area contributed by atoms with E-state index in [-0.39, 0.29) is 25.7 Å². The first-order chi connectivity index (χ1) is 50.7. The van der Waals surface area contributed by atoms with Crippen LogP contribution >= 0.6 is 15.6 Å². The summed E-state index contributed by atoms with van der Waals surface area (Å²) in [6, 6.07) is 0. The fourth-order valence-electron chi connectivity index (χ4n) is 11.4. The average molecular weight is 1510 g/mol. The first-order valence-corrected chi connectivity index (χ1v) is 44.8. The van der Waals surface area contributed by atoms with Crippen LogP contribution in [0, 0.1) is 0 Å².